The molecule has 0 bridgehead atoms. The number of hydrogen-bond donors (Lipinski definition) is 1. The third-order valence-electron chi connectivity index (χ3n) is 4.16. The van der Waals surface area contributed by atoms with Crippen LogP contribution in [0.5, 0.6) is 0 Å². The zero-order valence-electron chi connectivity index (χ0n) is 12.1. The summed E-state index contributed by atoms with van der Waals surface area (Å²) in [6, 6.07) is 19.8. The van der Waals surface area contributed by atoms with Crippen LogP contribution in [0.25, 0.3) is 32.3 Å². The lowest BCUT2D eigenvalue weighted by atomic mass is 9.92. The Morgan fingerprint density at radius 2 is 1.45 bits per heavy atom. The molecule has 0 spiro atoms. The number of hydrogen-bond acceptors (Lipinski definition) is 1. The Kier molecular flexibility index (Phi) is 3.90. The Labute approximate surface area is 136 Å². The standard InChI is InChI=1S/C20H15N.ClH/c1-2-12-21-13-17-9-8-16-7-6-14-4-3-5-15-10-11-18(17)20(16)19(14)15;/h1,3-11,21H,12-13H2;1H. The average Bonchev–Trinajstić information content (AvgIpc) is 2.54. The molecule has 0 atom stereocenters. The molecule has 4 aromatic carbocycles. The van der Waals surface area contributed by atoms with E-state index in [1.54, 1.807) is 0 Å². The van der Waals surface area contributed by atoms with Crippen molar-refractivity contribution in [3.05, 3.63) is 60.2 Å². The molecule has 0 unspecified atom stereocenters. The van der Waals surface area contributed by atoms with Gasteiger partial charge in [0.05, 0.1) is 6.54 Å². The first-order valence-corrected chi connectivity index (χ1v) is 7.18. The van der Waals surface area contributed by atoms with Crippen LogP contribution in [0.3, 0.4) is 0 Å². The normalized spacial score (nSPS) is 10.9. The second-order valence-electron chi connectivity index (χ2n) is 5.39. The predicted molar refractivity (Wildman–Crippen MR) is 97.9 cm³/mol. The molecule has 0 fully saturated rings. The minimum atomic E-state index is 0. The summed E-state index contributed by atoms with van der Waals surface area (Å²) in [6.07, 6.45) is 5.31. The van der Waals surface area contributed by atoms with E-state index in [9.17, 15) is 0 Å². The van der Waals surface area contributed by atoms with Gasteiger partial charge < -0.3 is 5.32 Å². The Morgan fingerprint density at radius 1 is 0.818 bits per heavy atom. The van der Waals surface area contributed by atoms with Gasteiger partial charge in [-0.15, -0.1) is 18.8 Å². The SMILES string of the molecule is C#CCNCc1ccc2ccc3cccc4ccc1c2c34.Cl. The van der Waals surface area contributed by atoms with E-state index in [1.165, 1.54) is 37.9 Å². The van der Waals surface area contributed by atoms with E-state index < -0.39 is 0 Å². The van der Waals surface area contributed by atoms with Gasteiger partial charge in [-0.1, -0.05) is 60.5 Å². The highest BCUT2D eigenvalue weighted by Crippen LogP contribution is 2.35. The predicted octanol–water partition coefficient (Wildman–Crippen LogP) is 4.73. The van der Waals surface area contributed by atoms with Gasteiger partial charge in [0.1, 0.15) is 0 Å². The fraction of sp³-hybridized carbons (Fsp3) is 0.100. The molecule has 0 aromatic heterocycles. The zero-order valence-corrected chi connectivity index (χ0v) is 12.9. The van der Waals surface area contributed by atoms with Crippen molar-refractivity contribution in [2.24, 2.45) is 0 Å². The summed E-state index contributed by atoms with van der Waals surface area (Å²) in [4.78, 5) is 0. The topological polar surface area (TPSA) is 12.0 Å². The zero-order chi connectivity index (χ0) is 14.2. The minimum Gasteiger partial charge on any atom is -0.302 e. The van der Waals surface area contributed by atoms with Crippen LogP contribution in [0, 0.1) is 12.3 Å². The lowest BCUT2D eigenvalue weighted by molar-refractivity contribution is 0.775. The molecule has 4 aromatic rings. The van der Waals surface area contributed by atoms with Crippen molar-refractivity contribution >= 4 is 44.7 Å². The second-order valence-corrected chi connectivity index (χ2v) is 5.39. The molecular formula is C20H16ClN. The number of terminal acetylenes is 1. The van der Waals surface area contributed by atoms with Crippen molar-refractivity contribution in [3.63, 3.8) is 0 Å². The van der Waals surface area contributed by atoms with Gasteiger partial charge in [0, 0.05) is 6.54 Å². The molecule has 0 heterocycles. The van der Waals surface area contributed by atoms with Gasteiger partial charge >= 0.3 is 0 Å². The van der Waals surface area contributed by atoms with Crippen LogP contribution in [0.4, 0.5) is 0 Å². The van der Waals surface area contributed by atoms with Gasteiger partial charge in [0.2, 0.25) is 0 Å². The third kappa shape index (κ3) is 2.18. The Hall–Kier alpha value is -2.27. The maximum atomic E-state index is 5.31. The highest BCUT2D eigenvalue weighted by atomic mass is 35.5. The fourth-order valence-electron chi connectivity index (χ4n) is 3.22. The number of halogens is 1. The van der Waals surface area contributed by atoms with Crippen LogP contribution < -0.4 is 5.32 Å². The van der Waals surface area contributed by atoms with E-state index in [4.69, 9.17) is 6.42 Å². The largest absolute Gasteiger partial charge is 0.302 e. The van der Waals surface area contributed by atoms with Gasteiger partial charge in [-0.3, -0.25) is 0 Å². The first-order chi connectivity index (χ1) is 10.4. The highest BCUT2D eigenvalue weighted by molar-refractivity contribution is 6.23. The molecule has 1 N–H and O–H groups in total. The maximum absolute atomic E-state index is 5.31. The van der Waals surface area contributed by atoms with Gasteiger partial charge in [0.25, 0.3) is 0 Å². The lowest BCUT2D eigenvalue weighted by Gasteiger charge is -2.13. The molecule has 108 valence electrons. The molecule has 1 nitrogen and oxygen atoms in total. The second kappa shape index (κ2) is 5.85. The maximum Gasteiger partial charge on any atom is 0.0576 e. The van der Waals surface area contributed by atoms with E-state index in [1.807, 2.05) is 0 Å². The summed E-state index contributed by atoms with van der Waals surface area (Å²) in [5.41, 5.74) is 1.30. The molecule has 22 heavy (non-hydrogen) atoms. The van der Waals surface area contributed by atoms with Crippen LogP contribution in [-0.2, 0) is 6.54 Å². The minimum absolute atomic E-state index is 0. The summed E-state index contributed by atoms with van der Waals surface area (Å²) in [5.74, 6) is 2.63. The molecule has 0 radical (unpaired) electrons. The van der Waals surface area contributed by atoms with Crippen molar-refractivity contribution in [1.82, 2.24) is 5.32 Å². The van der Waals surface area contributed by atoms with Crippen molar-refractivity contribution in [3.8, 4) is 12.3 Å². The summed E-state index contributed by atoms with van der Waals surface area (Å²) in [7, 11) is 0. The molecule has 0 amide bonds. The van der Waals surface area contributed by atoms with Crippen molar-refractivity contribution in [2.75, 3.05) is 6.54 Å². The Morgan fingerprint density at radius 3 is 2.18 bits per heavy atom. The molecule has 0 aliphatic carbocycles. The van der Waals surface area contributed by atoms with E-state index in [-0.39, 0.29) is 12.4 Å². The Balaban J connectivity index is 0.00000144. The van der Waals surface area contributed by atoms with Crippen LogP contribution in [0.1, 0.15) is 5.56 Å². The van der Waals surface area contributed by atoms with Gasteiger partial charge in [-0.25, -0.2) is 0 Å². The van der Waals surface area contributed by atoms with Crippen molar-refractivity contribution in [2.45, 2.75) is 6.54 Å². The van der Waals surface area contributed by atoms with Gasteiger partial charge in [-0.2, -0.15) is 0 Å². The smallest absolute Gasteiger partial charge is 0.0576 e. The number of benzene rings is 4. The van der Waals surface area contributed by atoms with Crippen LogP contribution in [-0.4, -0.2) is 6.54 Å². The summed E-state index contributed by atoms with van der Waals surface area (Å²) in [5, 5.41) is 11.3. The summed E-state index contributed by atoms with van der Waals surface area (Å²) in [6.45, 7) is 1.40. The molecule has 0 saturated carbocycles. The van der Waals surface area contributed by atoms with E-state index in [0.29, 0.717) is 6.54 Å². The van der Waals surface area contributed by atoms with Crippen LogP contribution in [0.15, 0.2) is 54.6 Å². The first kappa shape index (κ1) is 14.7. The van der Waals surface area contributed by atoms with E-state index >= 15 is 0 Å². The Bertz CT molecular complexity index is 966. The molecular weight excluding hydrogens is 290 g/mol. The van der Waals surface area contributed by atoms with E-state index in [0.717, 1.165) is 6.54 Å². The number of nitrogens with one attached hydrogen (secondary N) is 1. The molecule has 2 heteroatoms. The van der Waals surface area contributed by atoms with Crippen LogP contribution in [0.2, 0.25) is 0 Å². The highest BCUT2D eigenvalue weighted by Gasteiger charge is 2.10. The lowest BCUT2D eigenvalue weighted by Crippen LogP contribution is -2.13. The van der Waals surface area contributed by atoms with Crippen LogP contribution >= 0.6 is 12.4 Å². The monoisotopic (exact) mass is 305 g/mol. The van der Waals surface area contributed by atoms with Gasteiger partial charge in [0.15, 0.2) is 0 Å². The van der Waals surface area contributed by atoms with Crippen molar-refractivity contribution in [1.29, 1.82) is 0 Å². The molecule has 0 aliphatic rings. The van der Waals surface area contributed by atoms with E-state index in [2.05, 4.69) is 65.8 Å². The number of rotatable bonds is 3. The van der Waals surface area contributed by atoms with Gasteiger partial charge in [-0.05, 0) is 37.9 Å². The first-order valence-electron chi connectivity index (χ1n) is 7.18. The fourth-order valence-corrected chi connectivity index (χ4v) is 3.22. The summed E-state index contributed by atoms with van der Waals surface area (Å²) >= 11 is 0. The molecule has 0 saturated heterocycles. The third-order valence-corrected chi connectivity index (χ3v) is 4.16. The molecule has 0 aliphatic heterocycles. The summed E-state index contributed by atoms with van der Waals surface area (Å²) < 4.78 is 0. The van der Waals surface area contributed by atoms with Crippen molar-refractivity contribution < 1.29 is 0 Å². The average molecular weight is 306 g/mol. The quantitative estimate of drug-likeness (QED) is 0.328. The molecule has 4 rings (SSSR count).